The van der Waals surface area contributed by atoms with Crippen LogP contribution in [0.4, 0.5) is 5.69 Å². The third kappa shape index (κ3) is 4.13. The molecule has 0 fully saturated rings. The Morgan fingerprint density at radius 2 is 2.00 bits per heavy atom. The van der Waals surface area contributed by atoms with E-state index >= 15 is 0 Å². The van der Waals surface area contributed by atoms with Crippen molar-refractivity contribution in [2.24, 2.45) is 0 Å². The van der Waals surface area contributed by atoms with Crippen molar-refractivity contribution >= 4 is 23.3 Å². The molecule has 1 aromatic heterocycles. The molecule has 3 rings (SSSR count). The molecule has 2 aromatic rings. The quantitative estimate of drug-likeness (QED) is 0.750. The zero-order valence-corrected chi connectivity index (χ0v) is 16.5. The van der Waals surface area contributed by atoms with Crippen LogP contribution in [0.2, 0.25) is 0 Å². The Hall–Kier alpha value is -2.96. The summed E-state index contributed by atoms with van der Waals surface area (Å²) in [5.74, 6) is -0.459. The lowest BCUT2D eigenvalue weighted by Crippen LogP contribution is -2.33. The monoisotopic (exact) mass is 382 g/mol. The second kappa shape index (κ2) is 8.37. The van der Waals surface area contributed by atoms with Gasteiger partial charge in [0.2, 0.25) is 0 Å². The van der Waals surface area contributed by atoms with Crippen molar-refractivity contribution in [2.75, 3.05) is 5.32 Å². The van der Waals surface area contributed by atoms with Gasteiger partial charge in [-0.05, 0) is 51.7 Å². The summed E-state index contributed by atoms with van der Waals surface area (Å²) in [7, 11) is 0. The minimum absolute atomic E-state index is 0.0417. The minimum Gasteiger partial charge on any atom is -0.348 e. The molecule has 0 aliphatic carbocycles. The molecular weight excluding hydrogens is 356 g/mol. The van der Waals surface area contributed by atoms with Crippen molar-refractivity contribution in [2.45, 2.75) is 59.0 Å². The lowest BCUT2D eigenvalue weighted by atomic mass is 10.1. The summed E-state index contributed by atoms with van der Waals surface area (Å²) in [5.41, 5.74) is 2.20. The maximum Gasteiger partial charge on any atom is 0.291 e. The van der Waals surface area contributed by atoms with E-state index in [9.17, 15) is 14.4 Å². The molecule has 1 aliphatic rings. The van der Waals surface area contributed by atoms with Crippen LogP contribution in [0.5, 0.6) is 0 Å². The first-order valence-corrected chi connectivity index (χ1v) is 9.73. The summed E-state index contributed by atoms with van der Waals surface area (Å²) < 4.78 is 1.85. The number of hydrogen-bond acceptors (Lipinski definition) is 4. The van der Waals surface area contributed by atoms with Gasteiger partial charge in [0.1, 0.15) is 5.69 Å². The largest absolute Gasteiger partial charge is 0.348 e. The van der Waals surface area contributed by atoms with Gasteiger partial charge >= 0.3 is 0 Å². The van der Waals surface area contributed by atoms with Crippen LogP contribution in [0, 0.1) is 0 Å². The number of Topliss-reactive ketones (excluding diaryl/α,β-unsaturated/α-hetero) is 1. The molecular formula is C21H26N4O3. The Bertz CT molecular complexity index is 916. The minimum atomic E-state index is -0.383. The summed E-state index contributed by atoms with van der Waals surface area (Å²) in [5, 5.41) is 5.74. The Morgan fingerprint density at radius 1 is 1.21 bits per heavy atom. The predicted molar refractivity (Wildman–Crippen MR) is 107 cm³/mol. The molecule has 2 amide bonds. The maximum atomic E-state index is 12.9. The molecule has 1 atom stereocenters. The molecule has 0 saturated heterocycles. The third-order valence-electron chi connectivity index (χ3n) is 5.05. The number of imidazole rings is 1. The first kappa shape index (κ1) is 19.8. The van der Waals surface area contributed by atoms with E-state index < -0.39 is 0 Å². The molecule has 2 N–H and O–H groups in total. The number of carbonyl (C=O) groups excluding carboxylic acids is 3. The van der Waals surface area contributed by atoms with Gasteiger partial charge in [-0.15, -0.1) is 0 Å². The molecule has 28 heavy (non-hydrogen) atoms. The fourth-order valence-corrected chi connectivity index (χ4v) is 3.30. The fraction of sp³-hybridized carbons (Fsp3) is 0.429. The second-order valence-electron chi connectivity index (χ2n) is 7.21. The number of anilines is 1. The highest BCUT2D eigenvalue weighted by molar-refractivity contribution is 6.04. The molecule has 1 aromatic carbocycles. The average Bonchev–Trinajstić information content (AvgIpc) is 3.08. The summed E-state index contributed by atoms with van der Waals surface area (Å²) in [6.45, 7) is 6.08. The number of nitrogens with one attached hydrogen (secondary N) is 2. The van der Waals surface area contributed by atoms with Crippen molar-refractivity contribution in [3.63, 3.8) is 0 Å². The van der Waals surface area contributed by atoms with Crippen LogP contribution in [-0.2, 0) is 13.0 Å². The van der Waals surface area contributed by atoms with E-state index in [1.54, 1.807) is 24.3 Å². The van der Waals surface area contributed by atoms with Crippen molar-refractivity contribution in [3.05, 3.63) is 47.0 Å². The van der Waals surface area contributed by atoms with Gasteiger partial charge in [0.15, 0.2) is 11.6 Å². The second-order valence-corrected chi connectivity index (χ2v) is 7.21. The first-order chi connectivity index (χ1) is 13.4. The van der Waals surface area contributed by atoms with Gasteiger partial charge in [-0.25, -0.2) is 4.98 Å². The van der Waals surface area contributed by atoms with Gasteiger partial charge in [0.05, 0.1) is 5.69 Å². The zero-order chi connectivity index (χ0) is 20.3. The van der Waals surface area contributed by atoms with E-state index in [1.807, 2.05) is 18.4 Å². The Kier molecular flexibility index (Phi) is 5.92. The van der Waals surface area contributed by atoms with Gasteiger partial charge in [-0.2, -0.15) is 0 Å². The number of nitrogens with zero attached hydrogens (tertiary/aromatic N) is 2. The van der Waals surface area contributed by atoms with Gasteiger partial charge in [0, 0.05) is 23.8 Å². The smallest absolute Gasteiger partial charge is 0.291 e. The molecule has 1 unspecified atom stereocenters. The van der Waals surface area contributed by atoms with Crippen LogP contribution in [0.25, 0.3) is 0 Å². The number of ketones is 1. The lowest BCUT2D eigenvalue weighted by Gasteiger charge is -2.17. The van der Waals surface area contributed by atoms with Crippen LogP contribution in [0.1, 0.15) is 77.2 Å². The number of carbonyl (C=O) groups is 3. The molecule has 0 radical (unpaired) electrons. The van der Waals surface area contributed by atoms with E-state index in [4.69, 9.17) is 0 Å². The molecule has 1 aliphatic heterocycles. The Balaban J connectivity index is 1.89. The molecule has 148 valence electrons. The molecule has 0 bridgehead atoms. The lowest BCUT2D eigenvalue weighted by molar-refractivity contribution is 0.0932. The standard InChI is InChI=1S/C21H26N4O3/c1-4-13(2)22-20(27)18-17-10-5-6-11-25(17)19(24-18)21(28)23-16-9-7-8-15(12-16)14(3)26/h7-9,12-13H,4-6,10-11H2,1-3H3,(H,22,27)(H,23,28). The van der Waals surface area contributed by atoms with E-state index in [1.165, 1.54) is 6.92 Å². The molecule has 0 spiro atoms. The number of fused-ring (bicyclic) bond motifs is 1. The number of aromatic nitrogens is 2. The van der Waals surface area contributed by atoms with Gasteiger partial charge in [0.25, 0.3) is 11.8 Å². The average molecular weight is 382 g/mol. The van der Waals surface area contributed by atoms with Crippen molar-refractivity contribution < 1.29 is 14.4 Å². The van der Waals surface area contributed by atoms with Crippen LogP contribution < -0.4 is 10.6 Å². The Morgan fingerprint density at radius 3 is 2.71 bits per heavy atom. The van der Waals surface area contributed by atoms with Crippen molar-refractivity contribution in [1.29, 1.82) is 0 Å². The number of amides is 2. The first-order valence-electron chi connectivity index (χ1n) is 9.73. The fourth-order valence-electron chi connectivity index (χ4n) is 3.30. The van der Waals surface area contributed by atoms with Crippen LogP contribution in [0.3, 0.4) is 0 Å². The summed E-state index contributed by atoms with van der Waals surface area (Å²) in [6.07, 6.45) is 3.46. The normalized spacial score (nSPS) is 14.1. The van der Waals surface area contributed by atoms with Crippen molar-refractivity contribution in [1.82, 2.24) is 14.9 Å². The molecule has 7 heteroatoms. The van der Waals surface area contributed by atoms with Crippen molar-refractivity contribution in [3.8, 4) is 0 Å². The summed E-state index contributed by atoms with van der Waals surface area (Å²) >= 11 is 0. The highest BCUT2D eigenvalue weighted by Crippen LogP contribution is 2.22. The Labute approximate surface area is 164 Å². The number of rotatable bonds is 6. The maximum absolute atomic E-state index is 12.9. The number of hydrogen-bond donors (Lipinski definition) is 2. The van der Waals surface area contributed by atoms with Crippen LogP contribution in [-0.4, -0.2) is 33.2 Å². The summed E-state index contributed by atoms with van der Waals surface area (Å²) in [4.78, 5) is 41.5. The van der Waals surface area contributed by atoms with E-state index in [0.29, 0.717) is 23.5 Å². The molecule has 2 heterocycles. The van der Waals surface area contributed by atoms with Crippen LogP contribution >= 0.6 is 0 Å². The van der Waals surface area contributed by atoms with Crippen LogP contribution in [0.15, 0.2) is 24.3 Å². The van der Waals surface area contributed by atoms with Gasteiger partial charge in [-0.1, -0.05) is 19.1 Å². The topological polar surface area (TPSA) is 93.1 Å². The zero-order valence-electron chi connectivity index (χ0n) is 16.5. The third-order valence-corrected chi connectivity index (χ3v) is 5.05. The van der Waals surface area contributed by atoms with E-state index in [0.717, 1.165) is 31.4 Å². The number of benzene rings is 1. The summed E-state index contributed by atoms with van der Waals surface area (Å²) in [6, 6.07) is 6.82. The van der Waals surface area contributed by atoms with Gasteiger partial charge in [-0.3, -0.25) is 14.4 Å². The molecule has 0 saturated carbocycles. The van der Waals surface area contributed by atoms with E-state index in [-0.39, 0.29) is 29.5 Å². The predicted octanol–water partition coefficient (Wildman–Crippen LogP) is 3.20. The highest BCUT2D eigenvalue weighted by Gasteiger charge is 2.28. The van der Waals surface area contributed by atoms with Gasteiger partial charge < -0.3 is 15.2 Å². The molecule has 7 nitrogen and oxygen atoms in total. The van der Waals surface area contributed by atoms with E-state index in [2.05, 4.69) is 15.6 Å². The SMILES string of the molecule is CCC(C)NC(=O)c1nc(C(=O)Nc2cccc(C(C)=O)c2)n2c1CCCC2. The highest BCUT2D eigenvalue weighted by atomic mass is 16.2.